The Morgan fingerprint density at radius 2 is 2.12 bits per heavy atom. The summed E-state index contributed by atoms with van der Waals surface area (Å²) in [5, 5.41) is 9.88. The maximum atomic E-state index is 8.81. The van der Waals surface area contributed by atoms with Crippen molar-refractivity contribution in [2.45, 2.75) is 19.3 Å². The van der Waals surface area contributed by atoms with E-state index >= 15 is 0 Å². The molecule has 0 amide bonds. The van der Waals surface area contributed by atoms with Crippen LogP contribution in [0.5, 0.6) is 0 Å². The van der Waals surface area contributed by atoms with Gasteiger partial charge in [0.1, 0.15) is 17.3 Å². The Morgan fingerprint density at radius 1 is 1.29 bits per heavy atom. The molecule has 17 heavy (non-hydrogen) atoms. The molecular formula is C12H12N4S. The molecule has 3 rings (SSSR count). The van der Waals surface area contributed by atoms with Gasteiger partial charge in [-0.15, -0.1) is 0 Å². The number of rotatable bonds is 1. The standard InChI is InChI=1S/C12H12N4S/c13-7-9-6-11-10(8-14-9)15-12(17-11)16-4-2-1-3-5-16/h6,8H,1-5H2. The molecule has 1 saturated heterocycles. The molecule has 1 fully saturated rings. The van der Waals surface area contributed by atoms with Gasteiger partial charge >= 0.3 is 0 Å². The SMILES string of the molecule is N#Cc1cc2sc(N3CCCCC3)nc2cn1. The van der Waals surface area contributed by atoms with Gasteiger partial charge in [0.2, 0.25) is 0 Å². The van der Waals surface area contributed by atoms with Crippen LogP contribution in [0.3, 0.4) is 0 Å². The minimum Gasteiger partial charge on any atom is -0.348 e. The van der Waals surface area contributed by atoms with Crippen molar-refractivity contribution < 1.29 is 0 Å². The molecule has 5 heteroatoms. The fraction of sp³-hybridized carbons (Fsp3) is 0.417. The van der Waals surface area contributed by atoms with E-state index in [1.165, 1.54) is 19.3 Å². The van der Waals surface area contributed by atoms with Crippen LogP contribution >= 0.6 is 11.3 Å². The van der Waals surface area contributed by atoms with Gasteiger partial charge in [-0.1, -0.05) is 11.3 Å². The fourth-order valence-corrected chi connectivity index (χ4v) is 3.13. The molecule has 86 valence electrons. The minimum absolute atomic E-state index is 0.464. The summed E-state index contributed by atoms with van der Waals surface area (Å²) >= 11 is 1.66. The highest BCUT2D eigenvalue weighted by Gasteiger charge is 2.15. The van der Waals surface area contributed by atoms with E-state index in [9.17, 15) is 0 Å². The van der Waals surface area contributed by atoms with Crippen molar-refractivity contribution in [3.63, 3.8) is 0 Å². The van der Waals surface area contributed by atoms with Crippen molar-refractivity contribution in [2.75, 3.05) is 18.0 Å². The predicted octanol–water partition coefficient (Wildman–Crippen LogP) is 2.55. The molecule has 3 heterocycles. The fourth-order valence-electron chi connectivity index (χ4n) is 2.10. The lowest BCUT2D eigenvalue weighted by Crippen LogP contribution is -2.29. The highest BCUT2D eigenvalue weighted by molar-refractivity contribution is 7.22. The van der Waals surface area contributed by atoms with Crippen LogP contribution in [0.15, 0.2) is 12.3 Å². The van der Waals surface area contributed by atoms with Gasteiger partial charge in [0.05, 0.1) is 10.9 Å². The normalized spacial score (nSPS) is 16.1. The molecular weight excluding hydrogens is 232 g/mol. The van der Waals surface area contributed by atoms with Crippen molar-refractivity contribution in [1.29, 1.82) is 5.26 Å². The Morgan fingerprint density at radius 3 is 2.88 bits per heavy atom. The molecule has 0 unspecified atom stereocenters. The lowest BCUT2D eigenvalue weighted by Gasteiger charge is -2.25. The summed E-state index contributed by atoms with van der Waals surface area (Å²) in [6.45, 7) is 2.19. The molecule has 2 aromatic heterocycles. The molecule has 0 saturated carbocycles. The van der Waals surface area contributed by atoms with Crippen LogP contribution in [0.4, 0.5) is 5.13 Å². The maximum Gasteiger partial charge on any atom is 0.186 e. The lowest BCUT2D eigenvalue weighted by atomic mass is 10.1. The number of nitrogens with zero attached hydrogens (tertiary/aromatic N) is 4. The van der Waals surface area contributed by atoms with Crippen molar-refractivity contribution in [2.24, 2.45) is 0 Å². The molecule has 2 aromatic rings. The van der Waals surface area contributed by atoms with E-state index < -0.39 is 0 Å². The molecule has 0 atom stereocenters. The molecule has 0 radical (unpaired) electrons. The third-order valence-corrected chi connectivity index (χ3v) is 4.08. The summed E-state index contributed by atoms with van der Waals surface area (Å²) in [7, 11) is 0. The second-order valence-corrected chi connectivity index (χ2v) is 5.20. The second-order valence-electron chi connectivity index (χ2n) is 4.19. The number of aromatic nitrogens is 2. The maximum absolute atomic E-state index is 8.81. The average molecular weight is 244 g/mol. The number of hydrogen-bond donors (Lipinski definition) is 0. The van der Waals surface area contributed by atoms with Gasteiger partial charge in [-0.2, -0.15) is 5.26 Å². The van der Waals surface area contributed by atoms with Crippen molar-refractivity contribution in [1.82, 2.24) is 9.97 Å². The third kappa shape index (κ3) is 1.96. The highest BCUT2D eigenvalue weighted by atomic mass is 32.1. The van der Waals surface area contributed by atoms with Gasteiger partial charge in [-0.3, -0.25) is 0 Å². The topological polar surface area (TPSA) is 52.8 Å². The quantitative estimate of drug-likeness (QED) is 0.773. The number of piperidine rings is 1. The lowest BCUT2D eigenvalue weighted by molar-refractivity contribution is 0.577. The Hall–Kier alpha value is -1.67. The van der Waals surface area contributed by atoms with E-state index in [1.807, 2.05) is 6.07 Å². The Bertz CT molecular complexity index is 578. The molecule has 0 spiro atoms. The van der Waals surface area contributed by atoms with Crippen LogP contribution in [-0.4, -0.2) is 23.1 Å². The van der Waals surface area contributed by atoms with E-state index in [4.69, 9.17) is 5.26 Å². The Kier molecular flexibility index (Phi) is 2.65. The van der Waals surface area contributed by atoms with Gasteiger partial charge in [-0.05, 0) is 25.3 Å². The van der Waals surface area contributed by atoms with E-state index in [-0.39, 0.29) is 0 Å². The summed E-state index contributed by atoms with van der Waals surface area (Å²) in [5.74, 6) is 0. The third-order valence-electron chi connectivity index (χ3n) is 3.00. The van der Waals surface area contributed by atoms with Crippen LogP contribution in [-0.2, 0) is 0 Å². The van der Waals surface area contributed by atoms with Crippen molar-refractivity contribution >= 4 is 26.7 Å². The zero-order chi connectivity index (χ0) is 11.7. The number of thiazole rings is 1. The van der Waals surface area contributed by atoms with Crippen LogP contribution in [0, 0.1) is 11.3 Å². The molecule has 0 aromatic carbocycles. The summed E-state index contributed by atoms with van der Waals surface area (Å²) in [5.41, 5.74) is 1.36. The van der Waals surface area contributed by atoms with E-state index in [0.717, 1.165) is 28.4 Å². The number of anilines is 1. The summed E-state index contributed by atoms with van der Waals surface area (Å²) < 4.78 is 1.05. The van der Waals surface area contributed by atoms with Crippen LogP contribution in [0.1, 0.15) is 25.0 Å². The second kappa shape index (κ2) is 4.30. The van der Waals surface area contributed by atoms with E-state index in [2.05, 4.69) is 20.9 Å². The van der Waals surface area contributed by atoms with E-state index in [0.29, 0.717) is 5.69 Å². The summed E-state index contributed by atoms with van der Waals surface area (Å²) in [4.78, 5) is 11.0. The summed E-state index contributed by atoms with van der Waals surface area (Å²) in [6.07, 6.45) is 5.51. The van der Waals surface area contributed by atoms with Gasteiger partial charge in [0.25, 0.3) is 0 Å². The van der Waals surface area contributed by atoms with Crippen LogP contribution < -0.4 is 4.90 Å². The number of nitriles is 1. The first-order chi connectivity index (χ1) is 8.36. The molecule has 0 aliphatic carbocycles. The first-order valence-electron chi connectivity index (χ1n) is 5.78. The molecule has 0 bridgehead atoms. The molecule has 1 aliphatic heterocycles. The number of pyridine rings is 1. The van der Waals surface area contributed by atoms with Gasteiger partial charge in [-0.25, -0.2) is 9.97 Å². The molecule has 4 nitrogen and oxygen atoms in total. The zero-order valence-electron chi connectivity index (χ0n) is 9.39. The summed E-state index contributed by atoms with van der Waals surface area (Å²) in [6, 6.07) is 3.88. The monoisotopic (exact) mass is 244 g/mol. The van der Waals surface area contributed by atoms with Crippen LogP contribution in [0.25, 0.3) is 10.2 Å². The predicted molar refractivity (Wildman–Crippen MR) is 68.2 cm³/mol. The van der Waals surface area contributed by atoms with E-state index in [1.54, 1.807) is 17.5 Å². The minimum atomic E-state index is 0.464. The number of hydrogen-bond acceptors (Lipinski definition) is 5. The Balaban J connectivity index is 1.98. The molecule has 1 aliphatic rings. The molecule has 0 N–H and O–H groups in total. The Labute approximate surface area is 104 Å². The van der Waals surface area contributed by atoms with Gasteiger partial charge < -0.3 is 4.90 Å². The van der Waals surface area contributed by atoms with Crippen LogP contribution in [0.2, 0.25) is 0 Å². The van der Waals surface area contributed by atoms with Crippen molar-refractivity contribution in [3.8, 4) is 6.07 Å². The van der Waals surface area contributed by atoms with Crippen molar-refractivity contribution in [3.05, 3.63) is 18.0 Å². The smallest absolute Gasteiger partial charge is 0.186 e. The van der Waals surface area contributed by atoms with Gasteiger partial charge in [0, 0.05) is 13.1 Å². The average Bonchev–Trinajstić information content (AvgIpc) is 2.82. The largest absolute Gasteiger partial charge is 0.348 e. The van der Waals surface area contributed by atoms with Gasteiger partial charge in [0.15, 0.2) is 5.13 Å². The first-order valence-corrected chi connectivity index (χ1v) is 6.60. The first kappa shape index (κ1) is 10.5. The number of fused-ring (bicyclic) bond motifs is 1. The highest BCUT2D eigenvalue weighted by Crippen LogP contribution is 2.30. The zero-order valence-corrected chi connectivity index (χ0v) is 10.2.